The second kappa shape index (κ2) is 5.86. The molecule has 0 fully saturated rings. The van der Waals surface area contributed by atoms with Crippen molar-refractivity contribution in [3.8, 4) is 0 Å². The Bertz CT molecular complexity index is 296. The highest BCUT2D eigenvalue weighted by Crippen LogP contribution is 2.22. The van der Waals surface area contributed by atoms with E-state index in [4.69, 9.17) is 4.74 Å². The van der Waals surface area contributed by atoms with E-state index in [9.17, 15) is 4.39 Å². The van der Waals surface area contributed by atoms with Gasteiger partial charge in [-0.3, -0.25) is 0 Å². The van der Waals surface area contributed by atoms with Gasteiger partial charge in [-0.1, -0.05) is 32.9 Å². The smallest absolute Gasteiger partial charge is 0.123 e. The Balaban J connectivity index is 2.65. The largest absolute Gasteiger partial charge is 0.373 e. The van der Waals surface area contributed by atoms with Gasteiger partial charge in [0.2, 0.25) is 0 Å². The first-order valence-corrected chi connectivity index (χ1v) is 5.50. The molecule has 1 aromatic carbocycles. The number of ether oxygens (including phenoxy) is 1. The lowest BCUT2D eigenvalue weighted by Crippen LogP contribution is -2.08. The van der Waals surface area contributed by atoms with Crippen molar-refractivity contribution in [3.05, 3.63) is 35.6 Å². The molecule has 1 aromatic rings. The van der Waals surface area contributed by atoms with E-state index in [2.05, 4.69) is 20.8 Å². The molecule has 0 amide bonds. The molecule has 0 radical (unpaired) electrons. The fraction of sp³-hybridized carbons (Fsp3) is 0.538. The van der Waals surface area contributed by atoms with Gasteiger partial charge in [0.15, 0.2) is 0 Å². The molecule has 0 heterocycles. The Morgan fingerprint density at radius 1 is 1.33 bits per heavy atom. The van der Waals surface area contributed by atoms with Gasteiger partial charge in [0, 0.05) is 6.61 Å². The molecule has 0 spiro atoms. The first kappa shape index (κ1) is 12.2. The lowest BCUT2D eigenvalue weighted by Gasteiger charge is -2.18. The molecule has 15 heavy (non-hydrogen) atoms. The molecule has 0 saturated carbocycles. The minimum Gasteiger partial charge on any atom is -0.373 e. The fourth-order valence-electron chi connectivity index (χ4n) is 1.47. The Morgan fingerprint density at radius 2 is 2.07 bits per heavy atom. The first-order chi connectivity index (χ1) is 7.13. The van der Waals surface area contributed by atoms with E-state index >= 15 is 0 Å². The normalized spacial score (nSPS) is 13.1. The van der Waals surface area contributed by atoms with Crippen molar-refractivity contribution in [2.24, 2.45) is 5.92 Å². The Hall–Kier alpha value is -0.890. The maximum atomic E-state index is 13.0. The molecule has 1 nitrogen and oxygen atoms in total. The Labute approximate surface area is 91.3 Å². The third-order valence-corrected chi connectivity index (χ3v) is 2.22. The van der Waals surface area contributed by atoms with Crippen molar-refractivity contribution in [2.45, 2.75) is 33.3 Å². The van der Waals surface area contributed by atoms with Gasteiger partial charge in [0.05, 0.1) is 6.10 Å². The monoisotopic (exact) mass is 210 g/mol. The summed E-state index contributed by atoms with van der Waals surface area (Å²) in [5.74, 6) is 0.312. The van der Waals surface area contributed by atoms with Gasteiger partial charge in [0.25, 0.3) is 0 Å². The molecule has 1 unspecified atom stereocenters. The average molecular weight is 210 g/mol. The van der Waals surface area contributed by atoms with Crippen molar-refractivity contribution >= 4 is 0 Å². The zero-order valence-electron chi connectivity index (χ0n) is 9.66. The predicted octanol–water partition coefficient (Wildman–Crippen LogP) is 3.95. The number of rotatable bonds is 5. The molecule has 1 atom stereocenters. The molecular weight excluding hydrogens is 191 g/mol. The van der Waals surface area contributed by atoms with Gasteiger partial charge in [-0.25, -0.2) is 4.39 Å². The van der Waals surface area contributed by atoms with E-state index in [0.717, 1.165) is 18.6 Å². The van der Waals surface area contributed by atoms with Gasteiger partial charge >= 0.3 is 0 Å². The van der Waals surface area contributed by atoms with Crippen LogP contribution in [0.25, 0.3) is 0 Å². The SMILES string of the molecule is CCC(OCC(C)C)c1cccc(F)c1. The maximum absolute atomic E-state index is 13.0. The zero-order valence-corrected chi connectivity index (χ0v) is 9.66. The number of benzene rings is 1. The van der Waals surface area contributed by atoms with E-state index in [1.807, 2.05) is 6.07 Å². The Kier molecular flexibility index (Phi) is 4.76. The molecule has 0 bridgehead atoms. The third-order valence-electron chi connectivity index (χ3n) is 2.22. The lowest BCUT2D eigenvalue weighted by molar-refractivity contribution is 0.0324. The van der Waals surface area contributed by atoms with Gasteiger partial charge in [0.1, 0.15) is 5.82 Å². The molecule has 0 aliphatic rings. The molecule has 84 valence electrons. The van der Waals surface area contributed by atoms with Crippen LogP contribution in [0.15, 0.2) is 24.3 Å². The van der Waals surface area contributed by atoms with Crippen molar-refractivity contribution in [1.82, 2.24) is 0 Å². The highest BCUT2D eigenvalue weighted by Gasteiger charge is 2.10. The van der Waals surface area contributed by atoms with Gasteiger partial charge in [-0.15, -0.1) is 0 Å². The van der Waals surface area contributed by atoms with Gasteiger partial charge in [-0.2, -0.15) is 0 Å². The van der Waals surface area contributed by atoms with Gasteiger partial charge < -0.3 is 4.74 Å². The summed E-state index contributed by atoms with van der Waals surface area (Å²) < 4.78 is 18.7. The van der Waals surface area contributed by atoms with E-state index < -0.39 is 0 Å². The van der Waals surface area contributed by atoms with Crippen LogP contribution in [0.5, 0.6) is 0 Å². The minimum atomic E-state index is -0.195. The summed E-state index contributed by atoms with van der Waals surface area (Å²) in [5, 5.41) is 0. The van der Waals surface area contributed by atoms with Crippen LogP contribution in [-0.2, 0) is 4.74 Å². The highest BCUT2D eigenvalue weighted by atomic mass is 19.1. The summed E-state index contributed by atoms with van der Waals surface area (Å²) >= 11 is 0. The minimum absolute atomic E-state index is 0.0168. The van der Waals surface area contributed by atoms with Crippen LogP contribution in [0.4, 0.5) is 4.39 Å². The third kappa shape index (κ3) is 4.00. The second-order valence-electron chi connectivity index (χ2n) is 4.18. The van der Waals surface area contributed by atoms with E-state index in [1.165, 1.54) is 6.07 Å². The zero-order chi connectivity index (χ0) is 11.3. The van der Waals surface area contributed by atoms with E-state index in [-0.39, 0.29) is 11.9 Å². The molecule has 0 N–H and O–H groups in total. The van der Waals surface area contributed by atoms with Crippen LogP contribution < -0.4 is 0 Å². The average Bonchev–Trinajstić information content (AvgIpc) is 2.18. The van der Waals surface area contributed by atoms with E-state index in [1.54, 1.807) is 12.1 Å². The second-order valence-corrected chi connectivity index (χ2v) is 4.18. The number of hydrogen-bond donors (Lipinski definition) is 0. The summed E-state index contributed by atoms with van der Waals surface area (Å²) in [4.78, 5) is 0. The molecule has 1 rings (SSSR count). The summed E-state index contributed by atoms with van der Waals surface area (Å²) in [5.41, 5.74) is 0.929. The van der Waals surface area contributed by atoms with Crippen LogP contribution in [0.1, 0.15) is 38.9 Å². The summed E-state index contributed by atoms with van der Waals surface area (Å²) in [7, 11) is 0. The molecule has 0 aliphatic heterocycles. The van der Waals surface area contributed by atoms with Crippen LogP contribution in [0.2, 0.25) is 0 Å². The van der Waals surface area contributed by atoms with Gasteiger partial charge in [-0.05, 0) is 30.0 Å². The van der Waals surface area contributed by atoms with Crippen molar-refractivity contribution < 1.29 is 9.13 Å². The van der Waals surface area contributed by atoms with Crippen molar-refractivity contribution in [2.75, 3.05) is 6.61 Å². The number of hydrogen-bond acceptors (Lipinski definition) is 1. The van der Waals surface area contributed by atoms with Crippen LogP contribution >= 0.6 is 0 Å². The van der Waals surface area contributed by atoms with Crippen LogP contribution in [0.3, 0.4) is 0 Å². The van der Waals surface area contributed by atoms with Crippen LogP contribution in [-0.4, -0.2) is 6.61 Å². The van der Waals surface area contributed by atoms with Crippen LogP contribution in [0, 0.1) is 11.7 Å². The quantitative estimate of drug-likeness (QED) is 0.715. The Morgan fingerprint density at radius 3 is 2.60 bits per heavy atom. The molecule has 0 aliphatic carbocycles. The maximum Gasteiger partial charge on any atom is 0.123 e. The molecule has 2 heteroatoms. The van der Waals surface area contributed by atoms with Crippen molar-refractivity contribution in [3.63, 3.8) is 0 Å². The number of halogens is 1. The summed E-state index contributed by atoms with van der Waals surface area (Å²) in [6.45, 7) is 6.99. The summed E-state index contributed by atoms with van der Waals surface area (Å²) in [6.07, 6.45) is 0.888. The molecule has 0 aromatic heterocycles. The highest BCUT2D eigenvalue weighted by molar-refractivity contribution is 5.18. The van der Waals surface area contributed by atoms with Crippen molar-refractivity contribution in [1.29, 1.82) is 0 Å². The topological polar surface area (TPSA) is 9.23 Å². The first-order valence-electron chi connectivity index (χ1n) is 5.50. The molecular formula is C13H19FO. The standard InChI is InChI=1S/C13H19FO/c1-4-13(15-9-10(2)3)11-6-5-7-12(14)8-11/h5-8,10,13H,4,9H2,1-3H3. The predicted molar refractivity (Wildman–Crippen MR) is 60.2 cm³/mol. The molecule has 0 saturated heterocycles. The summed E-state index contributed by atoms with van der Waals surface area (Å²) in [6, 6.07) is 6.65. The lowest BCUT2D eigenvalue weighted by atomic mass is 10.1. The fourth-order valence-corrected chi connectivity index (χ4v) is 1.47. The van der Waals surface area contributed by atoms with E-state index in [0.29, 0.717) is 5.92 Å².